The Bertz CT molecular complexity index is 262. The van der Waals surface area contributed by atoms with E-state index in [2.05, 4.69) is 9.72 Å². The summed E-state index contributed by atoms with van der Waals surface area (Å²) in [6.07, 6.45) is 2.17. The molecule has 0 atom stereocenters. The predicted octanol–water partition coefficient (Wildman–Crippen LogP) is 0.877. The van der Waals surface area contributed by atoms with Crippen molar-refractivity contribution in [1.29, 1.82) is 0 Å². The number of carbonyl (C=O) groups is 1. The maximum atomic E-state index is 10.4. The number of aldehydes is 1. The minimum atomic E-state index is 0.118. The molecule has 0 N–H and O–H groups in total. The number of pyridine rings is 1. The lowest BCUT2D eigenvalue weighted by atomic mass is 10.3. The van der Waals surface area contributed by atoms with Crippen LogP contribution in [0, 0.1) is 0 Å². The van der Waals surface area contributed by atoms with Gasteiger partial charge in [0.05, 0.1) is 0 Å². The average molecular weight is 167 g/mol. The van der Waals surface area contributed by atoms with Crippen LogP contribution in [0.15, 0.2) is 18.3 Å². The fourth-order valence-corrected chi connectivity index (χ4v) is 0.736. The zero-order valence-corrected chi connectivity index (χ0v) is 6.69. The summed E-state index contributed by atoms with van der Waals surface area (Å²) in [7, 11) is 1.51. The molecular formula is C8H9NO3. The molecule has 12 heavy (non-hydrogen) atoms. The van der Waals surface area contributed by atoms with E-state index >= 15 is 0 Å². The van der Waals surface area contributed by atoms with Gasteiger partial charge in [-0.25, -0.2) is 4.98 Å². The Morgan fingerprint density at radius 1 is 1.67 bits per heavy atom. The van der Waals surface area contributed by atoms with Crippen LogP contribution in [0.2, 0.25) is 0 Å². The first kappa shape index (κ1) is 8.67. The standard InChI is InChI=1S/C8H9NO3/c1-11-6-12-8-3-2-4-9-7(8)5-10/h2-5H,6H2,1H3. The van der Waals surface area contributed by atoms with Crippen molar-refractivity contribution in [3.8, 4) is 5.75 Å². The first-order valence-electron chi connectivity index (χ1n) is 3.40. The molecule has 1 aromatic rings. The number of ether oxygens (including phenoxy) is 2. The van der Waals surface area contributed by atoms with E-state index in [1.165, 1.54) is 13.3 Å². The molecule has 0 aliphatic heterocycles. The van der Waals surface area contributed by atoms with Crippen LogP contribution in [0.25, 0.3) is 0 Å². The van der Waals surface area contributed by atoms with Gasteiger partial charge in [0.1, 0.15) is 5.69 Å². The van der Waals surface area contributed by atoms with Crippen molar-refractivity contribution in [3.05, 3.63) is 24.0 Å². The van der Waals surface area contributed by atoms with Crippen molar-refractivity contribution in [2.24, 2.45) is 0 Å². The Morgan fingerprint density at radius 3 is 3.17 bits per heavy atom. The number of carbonyl (C=O) groups excluding carboxylic acids is 1. The summed E-state index contributed by atoms with van der Waals surface area (Å²) in [4.78, 5) is 14.2. The van der Waals surface area contributed by atoms with Gasteiger partial charge in [0.2, 0.25) is 0 Å². The van der Waals surface area contributed by atoms with E-state index in [1.54, 1.807) is 12.1 Å². The Hall–Kier alpha value is -1.42. The van der Waals surface area contributed by atoms with Gasteiger partial charge >= 0.3 is 0 Å². The van der Waals surface area contributed by atoms with Crippen molar-refractivity contribution >= 4 is 6.29 Å². The molecule has 0 bridgehead atoms. The van der Waals surface area contributed by atoms with Gasteiger partial charge in [0.25, 0.3) is 0 Å². The van der Waals surface area contributed by atoms with Crippen LogP contribution in [0.4, 0.5) is 0 Å². The molecule has 0 spiro atoms. The van der Waals surface area contributed by atoms with Crippen LogP contribution in [-0.2, 0) is 4.74 Å². The monoisotopic (exact) mass is 167 g/mol. The van der Waals surface area contributed by atoms with Crippen LogP contribution in [0.5, 0.6) is 5.75 Å². The molecule has 0 unspecified atom stereocenters. The topological polar surface area (TPSA) is 48.4 Å². The molecule has 0 aliphatic rings. The summed E-state index contributed by atoms with van der Waals surface area (Å²) >= 11 is 0. The molecule has 0 amide bonds. The summed E-state index contributed by atoms with van der Waals surface area (Å²) < 4.78 is 9.74. The first-order chi connectivity index (χ1) is 5.88. The molecule has 0 saturated carbocycles. The van der Waals surface area contributed by atoms with E-state index in [9.17, 15) is 4.79 Å². The molecule has 0 aliphatic carbocycles. The molecule has 1 aromatic heterocycles. The van der Waals surface area contributed by atoms with E-state index < -0.39 is 0 Å². The maximum Gasteiger partial charge on any atom is 0.188 e. The van der Waals surface area contributed by atoms with Gasteiger partial charge < -0.3 is 9.47 Å². The number of hydrogen-bond acceptors (Lipinski definition) is 4. The van der Waals surface area contributed by atoms with Gasteiger partial charge in [-0.3, -0.25) is 4.79 Å². The summed E-state index contributed by atoms with van der Waals surface area (Å²) in [6.45, 7) is 0.118. The molecule has 4 nitrogen and oxygen atoms in total. The highest BCUT2D eigenvalue weighted by molar-refractivity contribution is 5.75. The second-order valence-electron chi connectivity index (χ2n) is 2.06. The van der Waals surface area contributed by atoms with E-state index in [1.807, 2.05) is 0 Å². The van der Waals surface area contributed by atoms with Crippen LogP contribution in [0.1, 0.15) is 10.5 Å². The molecule has 1 rings (SSSR count). The largest absolute Gasteiger partial charge is 0.465 e. The van der Waals surface area contributed by atoms with Gasteiger partial charge in [0, 0.05) is 13.3 Å². The Balaban J connectivity index is 2.75. The summed E-state index contributed by atoms with van der Waals surface area (Å²) in [6, 6.07) is 3.35. The quantitative estimate of drug-likeness (QED) is 0.493. The number of nitrogens with zero attached hydrogens (tertiary/aromatic N) is 1. The lowest BCUT2D eigenvalue weighted by molar-refractivity contribution is 0.0502. The zero-order valence-electron chi connectivity index (χ0n) is 6.69. The second kappa shape index (κ2) is 4.46. The molecule has 0 aromatic carbocycles. The van der Waals surface area contributed by atoms with Gasteiger partial charge in [-0.05, 0) is 12.1 Å². The third-order valence-corrected chi connectivity index (χ3v) is 1.24. The Labute approximate surface area is 70.1 Å². The molecular weight excluding hydrogens is 158 g/mol. The fourth-order valence-electron chi connectivity index (χ4n) is 0.736. The normalized spacial score (nSPS) is 9.42. The number of hydrogen-bond donors (Lipinski definition) is 0. The van der Waals surface area contributed by atoms with Crippen molar-refractivity contribution < 1.29 is 14.3 Å². The SMILES string of the molecule is COCOc1cccnc1C=O. The van der Waals surface area contributed by atoms with E-state index in [-0.39, 0.29) is 12.5 Å². The van der Waals surface area contributed by atoms with Gasteiger partial charge in [0.15, 0.2) is 18.8 Å². The molecule has 0 saturated heterocycles. The van der Waals surface area contributed by atoms with Crippen LogP contribution >= 0.6 is 0 Å². The zero-order chi connectivity index (χ0) is 8.81. The van der Waals surface area contributed by atoms with E-state index in [0.29, 0.717) is 12.0 Å². The van der Waals surface area contributed by atoms with Crippen molar-refractivity contribution in [2.75, 3.05) is 13.9 Å². The molecule has 0 radical (unpaired) electrons. The van der Waals surface area contributed by atoms with Crippen LogP contribution < -0.4 is 4.74 Å². The smallest absolute Gasteiger partial charge is 0.188 e. The average Bonchev–Trinajstić information content (AvgIpc) is 2.15. The van der Waals surface area contributed by atoms with Crippen molar-refractivity contribution in [2.45, 2.75) is 0 Å². The third-order valence-electron chi connectivity index (χ3n) is 1.24. The first-order valence-corrected chi connectivity index (χ1v) is 3.40. The maximum absolute atomic E-state index is 10.4. The number of aromatic nitrogens is 1. The van der Waals surface area contributed by atoms with Crippen LogP contribution in [0.3, 0.4) is 0 Å². The molecule has 4 heteroatoms. The third kappa shape index (κ3) is 2.03. The molecule has 64 valence electrons. The van der Waals surface area contributed by atoms with Crippen molar-refractivity contribution in [3.63, 3.8) is 0 Å². The van der Waals surface area contributed by atoms with Crippen molar-refractivity contribution in [1.82, 2.24) is 4.98 Å². The van der Waals surface area contributed by atoms with Gasteiger partial charge in [-0.1, -0.05) is 0 Å². The highest BCUT2D eigenvalue weighted by Crippen LogP contribution is 2.12. The predicted molar refractivity (Wildman–Crippen MR) is 42.1 cm³/mol. The Morgan fingerprint density at radius 2 is 2.50 bits per heavy atom. The number of rotatable bonds is 4. The van der Waals surface area contributed by atoms with E-state index in [0.717, 1.165) is 0 Å². The summed E-state index contributed by atoms with van der Waals surface area (Å²) in [5.41, 5.74) is 0.287. The highest BCUT2D eigenvalue weighted by atomic mass is 16.7. The summed E-state index contributed by atoms with van der Waals surface area (Å²) in [5.74, 6) is 0.439. The highest BCUT2D eigenvalue weighted by Gasteiger charge is 2.01. The van der Waals surface area contributed by atoms with Crippen LogP contribution in [-0.4, -0.2) is 25.2 Å². The fraction of sp³-hybridized carbons (Fsp3) is 0.250. The lowest BCUT2D eigenvalue weighted by Crippen LogP contribution is -2.02. The Kier molecular flexibility index (Phi) is 3.22. The van der Waals surface area contributed by atoms with Gasteiger partial charge in [-0.2, -0.15) is 0 Å². The van der Waals surface area contributed by atoms with E-state index in [4.69, 9.17) is 4.74 Å². The minimum Gasteiger partial charge on any atom is -0.465 e. The minimum absolute atomic E-state index is 0.118. The van der Waals surface area contributed by atoms with Gasteiger partial charge in [-0.15, -0.1) is 0 Å². The lowest BCUT2D eigenvalue weighted by Gasteiger charge is -2.04. The summed E-state index contributed by atoms with van der Waals surface area (Å²) in [5, 5.41) is 0. The molecule has 1 heterocycles. The molecule has 0 fully saturated rings. The second-order valence-corrected chi connectivity index (χ2v) is 2.06. The number of methoxy groups -OCH3 is 1.